The van der Waals surface area contributed by atoms with E-state index in [1.165, 1.54) is 13.1 Å². The van der Waals surface area contributed by atoms with Gasteiger partial charge in [0.05, 0.1) is 17.3 Å². The third kappa shape index (κ3) is 3.46. The van der Waals surface area contributed by atoms with Gasteiger partial charge in [-0.3, -0.25) is 0 Å². The fraction of sp³-hybridized carbons (Fsp3) is 0.167. The first kappa shape index (κ1) is 15.2. The molecular formula is C12H12Cl2N2O3S. The standard InChI is InChI=1S/C12H12Cl2N2O3S/c1-15-20(17,18)12-5-3-9(19-12)7-16-11-6-8(13)2-4-10(11)14/h2-6,15-16H,7H2,1H3. The number of hydrogen-bond donors (Lipinski definition) is 2. The molecule has 1 aromatic carbocycles. The molecule has 0 fully saturated rings. The van der Waals surface area contributed by atoms with Gasteiger partial charge in [-0.15, -0.1) is 0 Å². The molecule has 8 heteroatoms. The highest BCUT2D eigenvalue weighted by atomic mass is 35.5. The monoisotopic (exact) mass is 334 g/mol. The van der Waals surface area contributed by atoms with E-state index in [1.54, 1.807) is 24.3 Å². The fourth-order valence-corrected chi connectivity index (χ4v) is 2.54. The summed E-state index contributed by atoms with van der Waals surface area (Å²) >= 11 is 11.9. The number of benzene rings is 1. The van der Waals surface area contributed by atoms with E-state index in [0.29, 0.717) is 28.0 Å². The molecule has 0 unspecified atom stereocenters. The van der Waals surface area contributed by atoms with Crippen LogP contribution in [0.25, 0.3) is 0 Å². The van der Waals surface area contributed by atoms with Crippen LogP contribution in [0.15, 0.2) is 39.8 Å². The van der Waals surface area contributed by atoms with E-state index in [4.69, 9.17) is 27.6 Å². The molecule has 0 atom stereocenters. The molecule has 0 saturated heterocycles. The fourth-order valence-electron chi connectivity index (χ4n) is 1.51. The Morgan fingerprint density at radius 1 is 1.20 bits per heavy atom. The molecule has 2 rings (SSSR count). The van der Waals surface area contributed by atoms with Crippen molar-refractivity contribution in [1.29, 1.82) is 0 Å². The molecule has 0 saturated carbocycles. The first-order valence-corrected chi connectivity index (χ1v) is 7.87. The minimum Gasteiger partial charge on any atom is -0.446 e. The van der Waals surface area contributed by atoms with E-state index in [1.807, 2.05) is 0 Å². The maximum absolute atomic E-state index is 11.5. The van der Waals surface area contributed by atoms with Gasteiger partial charge in [0.2, 0.25) is 5.09 Å². The second-order valence-electron chi connectivity index (χ2n) is 3.91. The summed E-state index contributed by atoms with van der Waals surface area (Å²) in [6.45, 7) is 0.291. The molecule has 0 aliphatic carbocycles. The number of nitrogens with one attached hydrogen (secondary N) is 2. The Morgan fingerprint density at radius 3 is 2.65 bits per heavy atom. The Morgan fingerprint density at radius 2 is 1.95 bits per heavy atom. The van der Waals surface area contributed by atoms with Crippen molar-refractivity contribution in [1.82, 2.24) is 4.72 Å². The van der Waals surface area contributed by atoms with Crippen molar-refractivity contribution in [3.63, 3.8) is 0 Å². The molecule has 0 radical (unpaired) electrons. The lowest BCUT2D eigenvalue weighted by molar-refractivity contribution is 0.417. The normalized spacial score (nSPS) is 11.6. The Labute approximate surface area is 126 Å². The highest BCUT2D eigenvalue weighted by molar-refractivity contribution is 7.89. The summed E-state index contributed by atoms with van der Waals surface area (Å²) in [5, 5.41) is 3.97. The molecule has 20 heavy (non-hydrogen) atoms. The zero-order valence-corrected chi connectivity index (χ0v) is 12.8. The van der Waals surface area contributed by atoms with Gasteiger partial charge in [0, 0.05) is 5.02 Å². The lowest BCUT2D eigenvalue weighted by atomic mass is 10.3. The summed E-state index contributed by atoms with van der Waals surface area (Å²) in [7, 11) is -2.25. The van der Waals surface area contributed by atoms with Gasteiger partial charge >= 0.3 is 0 Å². The van der Waals surface area contributed by atoms with Crippen LogP contribution in [0, 0.1) is 0 Å². The number of sulfonamides is 1. The summed E-state index contributed by atoms with van der Waals surface area (Å²) < 4.78 is 30.5. The summed E-state index contributed by atoms with van der Waals surface area (Å²) in [5.41, 5.74) is 0.647. The van der Waals surface area contributed by atoms with E-state index in [9.17, 15) is 8.42 Å². The predicted molar refractivity (Wildman–Crippen MR) is 78.7 cm³/mol. The van der Waals surface area contributed by atoms with Gasteiger partial charge in [-0.25, -0.2) is 13.1 Å². The van der Waals surface area contributed by atoms with Crippen LogP contribution in [0.4, 0.5) is 5.69 Å². The maximum atomic E-state index is 11.5. The molecule has 0 spiro atoms. The van der Waals surface area contributed by atoms with Crippen LogP contribution in [0.5, 0.6) is 0 Å². The van der Waals surface area contributed by atoms with E-state index < -0.39 is 10.0 Å². The Kier molecular flexibility index (Phi) is 4.59. The lowest BCUT2D eigenvalue weighted by Crippen LogP contribution is -2.17. The number of halogens is 2. The van der Waals surface area contributed by atoms with Crippen LogP contribution in [-0.4, -0.2) is 15.5 Å². The van der Waals surface area contributed by atoms with E-state index in [0.717, 1.165) is 0 Å². The highest BCUT2D eigenvalue weighted by Gasteiger charge is 2.16. The lowest BCUT2D eigenvalue weighted by Gasteiger charge is -2.07. The second kappa shape index (κ2) is 6.05. The minimum atomic E-state index is -3.57. The zero-order chi connectivity index (χ0) is 14.8. The van der Waals surface area contributed by atoms with Crippen molar-refractivity contribution >= 4 is 38.9 Å². The van der Waals surface area contributed by atoms with Crippen LogP contribution in [0.2, 0.25) is 10.0 Å². The van der Waals surface area contributed by atoms with Crippen molar-refractivity contribution in [2.75, 3.05) is 12.4 Å². The average Bonchev–Trinajstić information content (AvgIpc) is 2.89. The molecule has 0 amide bonds. The van der Waals surface area contributed by atoms with Crippen LogP contribution in [0.3, 0.4) is 0 Å². The summed E-state index contributed by atoms with van der Waals surface area (Å²) in [6, 6.07) is 8.00. The molecule has 0 aliphatic rings. The Balaban J connectivity index is 2.10. The Hall–Kier alpha value is -1.21. The minimum absolute atomic E-state index is 0.131. The average molecular weight is 335 g/mol. The summed E-state index contributed by atoms with van der Waals surface area (Å²) in [6.07, 6.45) is 0. The van der Waals surface area contributed by atoms with Crippen molar-refractivity contribution in [3.8, 4) is 0 Å². The zero-order valence-electron chi connectivity index (χ0n) is 10.5. The topological polar surface area (TPSA) is 71.3 Å². The number of hydrogen-bond acceptors (Lipinski definition) is 4. The van der Waals surface area contributed by atoms with Crippen LogP contribution in [-0.2, 0) is 16.6 Å². The Bertz CT molecular complexity index is 713. The molecule has 1 aromatic heterocycles. The van der Waals surface area contributed by atoms with E-state index >= 15 is 0 Å². The van der Waals surface area contributed by atoms with Gasteiger partial charge in [0.25, 0.3) is 10.0 Å². The third-order valence-electron chi connectivity index (χ3n) is 2.55. The summed E-state index contributed by atoms with van der Waals surface area (Å²) in [5.74, 6) is 0.467. The van der Waals surface area contributed by atoms with Crippen molar-refractivity contribution in [2.45, 2.75) is 11.6 Å². The first-order valence-electron chi connectivity index (χ1n) is 5.63. The van der Waals surface area contributed by atoms with Gasteiger partial charge in [-0.05, 0) is 37.4 Å². The quantitative estimate of drug-likeness (QED) is 0.881. The summed E-state index contributed by atoms with van der Waals surface area (Å²) in [4.78, 5) is 0. The van der Waals surface area contributed by atoms with Crippen molar-refractivity contribution in [3.05, 3.63) is 46.1 Å². The molecule has 1 heterocycles. The van der Waals surface area contributed by atoms with Gasteiger partial charge < -0.3 is 9.73 Å². The SMILES string of the molecule is CNS(=O)(=O)c1ccc(CNc2cc(Cl)ccc2Cl)o1. The third-order valence-corrected chi connectivity index (χ3v) is 4.40. The van der Waals surface area contributed by atoms with Gasteiger partial charge in [-0.1, -0.05) is 23.2 Å². The van der Waals surface area contributed by atoms with Gasteiger partial charge in [0.1, 0.15) is 5.76 Å². The van der Waals surface area contributed by atoms with Crippen molar-refractivity contribution < 1.29 is 12.8 Å². The van der Waals surface area contributed by atoms with Gasteiger partial charge in [-0.2, -0.15) is 0 Å². The van der Waals surface area contributed by atoms with Crippen LogP contribution < -0.4 is 10.0 Å². The van der Waals surface area contributed by atoms with Crippen molar-refractivity contribution in [2.24, 2.45) is 0 Å². The maximum Gasteiger partial charge on any atom is 0.273 e. The highest BCUT2D eigenvalue weighted by Crippen LogP contribution is 2.26. The molecular weight excluding hydrogens is 323 g/mol. The number of rotatable bonds is 5. The molecule has 0 aliphatic heterocycles. The number of furan rings is 1. The molecule has 5 nitrogen and oxygen atoms in total. The van der Waals surface area contributed by atoms with E-state index in [-0.39, 0.29) is 5.09 Å². The molecule has 2 N–H and O–H groups in total. The van der Waals surface area contributed by atoms with Crippen LogP contribution in [0.1, 0.15) is 5.76 Å². The van der Waals surface area contributed by atoms with Gasteiger partial charge in [0.15, 0.2) is 0 Å². The second-order valence-corrected chi connectivity index (χ2v) is 6.57. The largest absolute Gasteiger partial charge is 0.446 e. The first-order chi connectivity index (χ1) is 9.42. The predicted octanol–water partition coefficient (Wildman–Crippen LogP) is 3.11. The number of anilines is 1. The van der Waals surface area contributed by atoms with Crippen LogP contribution >= 0.6 is 23.2 Å². The smallest absolute Gasteiger partial charge is 0.273 e. The molecule has 2 aromatic rings. The molecule has 108 valence electrons. The molecule has 0 bridgehead atoms. The van der Waals surface area contributed by atoms with E-state index in [2.05, 4.69) is 10.0 Å².